The van der Waals surface area contributed by atoms with Crippen LogP contribution in [0.25, 0.3) is 10.8 Å². The van der Waals surface area contributed by atoms with Crippen LogP contribution in [0.3, 0.4) is 0 Å². The zero-order chi connectivity index (χ0) is 12.7. The molecule has 0 saturated heterocycles. The largest absolute Gasteiger partial charge is 0.370 e. The fourth-order valence-corrected chi connectivity index (χ4v) is 2.88. The van der Waals surface area contributed by atoms with E-state index in [4.69, 9.17) is 0 Å². The average molecular weight is 249 g/mol. The lowest BCUT2D eigenvalue weighted by atomic mass is 9.99. The van der Waals surface area contributed by atoms with Crippen molar-refractivity contribution in [3.05, 3.63) is 60.3 Å². The number of nitrogens with zero attached hydrogens (tertiary/aromatic N) is 2. The Morgan fingerprint density at radius 2 is 1.95 bits per heavy atom. The summed E-state index contributed by atoms with van der Waals surface area (Å²) in [5.41, 5.74) is 1.34. The van der Waals surface area contributed by atoms with Crippen LogP contribution in [0, 0.1) is 0 Å². The Balaban J connectivity index is 1.83. The number of hydrogen-bond acceptors (Lipinski definition) is 2. The van der Waals surface area contributed by atoms with Gasteiger partial charge in [-0.05, 0) is 28.8 Å². The van der Waals surface area contributed by atoms with Gasteiger partial charge in [0.2, 0.25) is 0 Å². The average Bonchev–Trinajstić information content (AvgIpc) is 2.95. The van der Waals surface area contributed by atoms with Crippen molar-refractivity contribution in [2.24, 2.45) is 0 Å². The number of benzene rings is 2. The monoisotopic (exact) mass is 249 g/mol. The summed E-state index contributed by atoms with van der Waals surface area (Å²) in [4.78, 5) is 0. The smallest absolute Gasteiger partial charge is 0.124 e. The van der Waals surface area contributed by atoms with E-state index in [1.807, 2.05) is 12.3 Å². The van der Waals surface area contributed by atoms with E-state index in [0.717, 1.165) is 18.8 Å². The molecule has 0 radical (unpaired) electrons. The number of anilines is 1. The van der Waals surface area contributed by atoms with Crippen LogP contribution in [0.4, 0.5) is 5.82 Å². The topological polar surface area (TPSA) is 29.9 Å². The first kappa shape index (κ1) is 10.6. The summed E-state index contributed by atoms with van der Waals surface area (Å²) in [6.07, 6.45) is 2.94. The van der Waals surface area contributed by atoms with Crippen molar-refractivity contribution >= 4 is 16.6 Å². The molecule has 0 amide bonds. The highest BCUT2D eigenvalue weighted by atomic mass is 15.4. The number of fused-ring (bicyclic) bond motifs is 2. The first-order valence-electron chi connectivity index (χ1n) is 6.68. The van der Waals surface area contributed by atoms with Gasteiger partial charge in [-0.3, -0.25) is 0 Å². The van der Waals surface area contributed by atoms with Gasteiger partial charge in [0, 0.05) is 12.6 Å². The first-order valence-corrected chi connectivity index (χ1v) is 6.68. The van der Waals surface area contributed by atoms with Crippen LogP contribution in [0.2, 0.25) is 0 Å². The van der Waals surface area contributed by atoms with E-state index in [9.17, 15) is 0 Å². The Labute approximate surface area is 111 Å². The Kier molecular flexibility index (Phi) is 2.30. The molecule has 1 unspecified atom stereocenters. The summed E-state index contributed by atoms with van der Waals surface area (Å²) in [6, 6.07) is 17.6. The van der Waals surface area contributed by atoms with Gasteiger partial charge in [0.25, 0.3) is 0 Å². The third-order valence-electron chi connectivity index (χ3n) is 3.85. The lowest BCUT2D eigenvalue weighted by Crippen LogP contribution is -2.24. The molecule has 3 aromatic rings. The molecule has 0 saturated carbocycles. The molecule has 0 bridgehead atoms. The van der Waals surface area contributed by atoms with Gasteiger partial charge >= 0.3 is 0 Å². The summed E-state index contributed by atoms with van der Waals surface area (Å²) in [5, 5.41) is 10.4. The van der Waals surface area contributed by atoms with Gasteiger partial charge in [-0.2, -0.15) is 5.10 Å². The standard InChI is InChI=1S/C16H15N3/c1-2-4-13-11-14(6-5-12(13)3-1)15-7-9-17-16-8-10-18-19(15)16/h1-6,8,10-11,15,17H,7,9H2. The highest BCUT2D eigenvalue weighted by Crippen LogP contribution is 2.30. The molecule has 1 aromatic heterocycles. The predicted octanol–water partition coefficient (Wildman–Crippen LogP) is 3.44. The fraction of sp³-hybridized carbons (Fsp3) is 0.188. The molecule has 94 valence electrons. The van der Waals surface area contributed by atoms with Crippen LogP contribution in [0.5, 0.6) is 0 Å². The van der Waals surface area contributed by atoms with Crippen LogP contribution in [-0.2, 0) is 0 Å². The van der Waals surface area contributed by atoms with E-state index >= 15 is 0 Å². The van der Waals surface area contributed by atoms with Crippen LogP contribution in [0.15, 0.2) is 54.7 Å². The molecule has 19 heavy (non-hydrogen) atoms. The minimum absolute atomic E-state index is 0.343. The third-order valence-corrected chi connectivity index (χ3v) is 3.85. The molecule has 0 fully saturated rings. The summed E-state index contributed by atoms with van der Waals surface area (Å²) < 4.78 is 2.09. The van der Waals surface area contributed by atoms with Crippen LogP contribution < -0.4 is 5.32 Å². The van der Waals surface area contributed by atoms with E-state index in [0.29, 0.717) is 6.04 Å². The lowest BCUT2D eigenvalue weighted by Gasteiger charge is -2.26. The van der Waals surface area contributed by atoms with E-state index in [1.165, 1.54) is 16.3 Å². The second-order valence-corrected chi connectivity index (χ2v) is 5.00. The van der Waals surface area contributed by atoms with Crippen molar-refractivity contribution in [2.75, 3.05) is 11.9 Å². The molecule has 1 atom stereocenters. The number of hydrogen-bond donors (Lipinski definition) is 1. The normalized spacial score (nSPS) is 18.0. The molecule has 2 aromatic carbocycles. The van der Waals surface area contributed by atoms with E-state index in [1.54, 1.807) is 0 Å². The van der Waals surface area contributed by atoms with Gasteiger partial charge in [0.15, 0.2) is 0 Å². The SMILES string of the molecule is c1ccc2cc(C3CCNc4ccnn43)ccc2c1. The van der Waals surface area contributed by atoms with Crippen LogP contribution >= 0.6 is 0 Å². The van der Waals surface area contributed by atoms with Crippen LogP contribution in [-0.4, -0.2) is 16.3 Å². The third kappa shape index (κ3) is 1.70. The van der Waals surface area contributed by atoms with Crippen molar-refractivity contribution in [3.63, 3.8) is 0 Å². The minimum Gasteiger partial charge on any atom is -0.370 e. The second kappa shape index (κ2) is 4.12. The molecule has 4 rings (SSSR count). The molecule has 1 aliphatic rings. The van der Waals surface area contributed by atoms with Crippen molar-refractivity contribution in [3.8, 4) is 0 Å². The maximum Gasteiger partial charge on any atom is 0.124 e. The molecule has 3 heteroatoms. The molecule has 2 heterocycles. The second-order valence-electron chi connectivity index (χ2n) is 5.00. The number of rotatable bonds is 1. The number of nitrogens with one attached hydrogen (secondary N) is 1. The van der Waals surface area contributed by atoms with Gasteiger partial charge in [0.05, 0.1) is 12.2 Å². The van der Waals surface area contributed by atoms with Gasteiger partial charge in [-0.15, -0.1) is 0 Å². The molecular formula is C16H15N3. The Morgan fingerprint density at radius 1 is 1.05 bits per heavy atom. The highest BCUT2D eigenvalue weighted by molar-refractivity contribution is 5.83. The van der Waals surface area contributed by atoms with Gasteiger partial charge in [-0.1, -0.05) is 36.4 Å². The van der Waals surface area contributed by atoms with Gasteiger partial charge in [-0.25, -0.2) is 4.68 Å². The van der Waals surface area contributed by atoms with Crippen LogP contribution in [0.1, 0.15) is 18.0 Å². The van der Waals surface area contributed by atoms with E-state index < -0.39 is 0 Å². The molecule has 1 N–H and O–H groups in total. The van der Waals surface area contributed by atoms with Crippen molar-refractivity contribution in [1.29, 1.82) is 0 Å². The summed E-state index contributed by atoms with van der Waals surface area (Å²) in [6.45, 7) is 1.00. The maximum absolute atomic E-state index is 4.45. The minimum atomic E-state index is 0.343. The molecule has 0 spiro atoms. The fourth-order valence-electron chi connectivity index (χ4n) is 2.88. The zero-order valence-electron chi connectivity index (χ0n) is 10.6. The van der Waals surface area contributed by atoms with Crippen molar-refractivity contribution in [1.82, 2.24) is 9.78 Å². The zero-order valence-corrected chi connectivity index (χ0v) is 10.6. The Morgan fingerprint density at radius 3 is 2.89 bits per heavy atom. The Hall–Kier alpha value is -2.29. The highest BCUT2D eigenvalue weighted by Gasteiger charge is 2.21. The maximum atomic E-state index is 4.45. The first-order chi connectivity index (χ1) is 9.42. The van der Waals surface area contributed by atoms with E-state index in [2.05, 4.69) is 57.6 Å². The summed E-state index contributed by atoms with van der Waals surface area (Å²) >= 11 is 0. The van der Waals surface area contributed by atoms with Gasteiger partial charge < -0.3 is 5.32 Å². The molecule has 3 nitrogen and oxygen atoms in total. The van der Waals surface area contributed by atoms with Crippen molar-refractivity contribution in [2.45, 2.75) is 12.5 Å². The molecule has 0 aliphatic carbocycles. The summed E-state index contributed by atoms with van der Waals surface area (Å²) in [5.74, 6) is 1.12. The lowest BCUT2D eigenvalue weighted by molar-refractivity contribution is 0.482. The Bertz CT molecular complexity index is 729. The van der Waals surface area contributed by atoms with Gasteiger partial charge in [0.1, 0.15) is 5.82 Å². The van der Waals surface area contributed by atoms with E-state index in [-0.39, 0.29) is 0 Å². The van der Waals surface area contributed by atoms with Crippen molar-refractivity contribution < 1.29 is 0 Å². The predicted molar refractivity (Wildman–Crippen MR) is 77.4 cm³/mol. The summed E-state index contributed by atoms with van der Waals surface area (Å²) in [7, 11) is 0. The molecular weight excluding hydrogens is 234 g/mol. The number of aromatic nitrogens is 2. The quantitative estimate of drug-likeness (QED) is 0.716. The molecule has 1 aliphatic heterocycles.